The molecule has 0 amide bonds. The topological polar surface area (TPSA) is 26.3 Å². The molecule has 1 atom stereocenters. The van der Waals surface area contributed by atoms with Gasteiger partial charge in [-0.1, -0.05) is 111 Å². The Kier molecular flexibility index (Phi) is 26.1. The van der Waals surface area contributed by atoms with Gasteiger partial charge in [-0.15, -0.1) is 0 Å². The molecule has 0 aliphatic rings. The van der Waals surface area contributed by atoms with Crippen LogP contribution in [0, 0.1) is 0 Å². The molecule has 0 N–H and O–H groups in total. The summed E-state index contributed by atoms with van der Waals surface area (Å²) in [5.74, 6) is -0.0459. The molecule has 0 spiro atoms. The molecule has 2 nitrogen and oxygen atoms in total. The first-order valence-corrected chi connectivity index (χ1v) is 16.7. The monoisotopic (exact) mass is 555 g/mol. The van der Waals surface area contributed by atoms with Crippen molar-refractivity contribution in [2.24, 2.45) is 0 Å². The summed E-state index contributed by atoms with van der Waals surface area (Å²) in [4.78, 5) is 12.7. The van der Waals surface area contributed by atoms with Gasteiger partial charge in [0, 0.05) is 12.8 Å². The molecule has 230 valence electrons. The Morgan fingerprint density at radius 3 is 1.62 bits per heavy atom. The molecule has 40 heavy (non-hydrogen) atoms. The second kappa shape index (κ2) is 27.3. The second-order valence-corrected chi connectivity index (χ2v) is 12.3. The van der Waals surface area contributed by atoms with E-state index in [0.29, 0.717) is 6.42 Å². The summed E-state index contributed by atoms with van der Waals surface area (Å²) in [6, 6.07) is 0. The van der Waals surface area contributed by atoms with E-state index >= 15 is 0 Å². The highest BCUT2D eigenvalue weighted by Crippen LogP contribution is 2.16. The predicted octanol–water partition coefficient (Wildman–Crippen LogP) is 12.7. The maximum absolute atomic E-state index is 12.7. The largest absolute Gasteiger partial charge is 0.458 e. The average molecular weight is 555 g/mol. The number of allylic oxidation sites excluding steroid dienone is 8. The number of carbonyl (C=O) groups excluding carboxylic acids is 1. The van der Waals surface area contributed by atoms with Gasteiger partial charge in [-0.25, -0.2) is 0 Å². The van der Waals surface area contributed by atoms with Gasteiger partial charge in [-0.2, -0.15) is 0 Å². The van der Waals surface area contributed by atoms with Crippen molar-refractivity contribution in [1.82, 2.24) is 0 Å². The first-order valence-electron chi connectivity index (χ1n) is 16.7. The Hall–Kier alpha value is -1.83. The molecule has 0 saturated heterocycles. The molecular weight excluding hydrogens is 488 g/mol. The molecule has 0 aromatic rings. The van der Waals surface area contributed by atoms with E-state index in [9.17, 15) is 4.79 Å². The minimum atomic E-state index is -0.164. The molecule has 0 saturated carbocycles. The van der Waals surface area contributed by atoms with E-state index in [4.69, 9.17) is 4.74 Å². The molecule has 0 aliphatic carbocycles. The third kappa shape index (κ3) is 27.7. The number of rotatable bonds is 25. The van der Waals surface area contributed by atoms with Crippen LogP contribution in [0.15, 0.2) is 58.7 Å². The lowest BCUT2D eigenvalue weighted by molar-refractivity contribution is -0.146. The number of hydrogen-bond acceptors (Lipinski definition) is 2. The summed E-state index contributed by atoms with van der Waals surface area (Å²) in [7, 11) is 0. The van der Waals surface area contributed by atoms with Gasteiger partial charge in [0.15, 0.2) is 0 Å². The molecule has 0 bridgehead atoms. The van der Waals surface area contributed by atoms with Crippen LogP contribution < -0.4 is 0 Å². The Balaban J connectivity index is 4.34. The molecular formula is C38H66O2. The fraction of sp³-hybridized carbons (Fsp3) is 0.711. The Morgan fingerprint density at radius 1 is 0.575 bits per heavy atom. The summed E-state index contributed by atoms with van der Waals surface area (Å²) < 4.78 is 5.97. The van der Waals surface area contributed by atoms with E-state index < -0.39 is 0 Å². The van der Waals surface area contributed by atoms with Crippen molar-refractivity contribution in [3.63, 3.8) is 0 Å². The van der Waals surface area contributed by atoms with Gasteiger partial charge < -0.3 is 4.74 Å². The van der Waals surface area contributed by atoms with Crippen LogP contribution >= 0.6 is 0 Å². The zero-order valence-corrected chi connectivity index (χ0v) is 27.8. The van der Waals surface area contributed by atoms with E-state index in [-0.39, 0.29) is 12.1 Å². The van der Waals surface area contributed by atoms with Crippen LogP contribution in [0.2, 0.25) is 0 Å². The van der Waals surface area contributed by atoms with Gasteiger partial charge in [-0.3, -0.25) is 4.79 Å². The van der Waals surface area contributed by atoms with E-state index in [1.165, 1.54) is 92.9 Å². The Morgan fingerprint density at radius 2 is 1.07 bits per heavy atom. The molecule has 2 heteroatoms. The van der Waals surface area contributed by atoms with Crippen LogP contribution in [0.4, 0.5) is 0 Å². The van der Waals surface area contributed by atoms with Gasteiger partial charge >= 0.3 is 5.97 Å². The first kappa shape index (κ1) is 38.2. The minimum absolute atomic E-state index is 0.0459. The first-order chi connectivity index (χ1) is 19.2. The lowest BCUT2D eigenvalue weighted by Crippen LogP contribution is -2.16. The van der Waals surface area contributed by atoms with Crippen molar-refractivity contribution in [1.29, 1.82) is 0 Å². The van der Waals surface area contributed by atoms with E-state index in [1.54, 1.807) is 0 Å². The summed E-state index contributed by atoms with van der Waals surface area (Å²) >= 11 is 0. The Labute approximate surface area is 250 Å². The van der Waals surface area contributed by atoms with Crippen molar-refractivity contribution in [3.8, 4) is 0 Å². The standard InChI is InChI=1S/C38H66O2/c1-8-9-10-11-12-13-14-15-16-17-18-19-20-21-22-29-38(39)40-37(32-36(7)28-24-26-34(4)5)31-30-35(6)27-23-25-33(2)3/h13-14,25-26,30,32,37H,8-12,15-24,27-29,31H2,1-7H3/b14-13+,35-30+,36-32+. The lowest BCUT2D eigenvalue weighted by Gasteiger charge is -2.15. The molecule has 0 aromatic heterocycles. The lowest BCUT2D eigenvalue weighted by atomic mass is 10.0. The molecule has 0 radical (unpaired) electrons. The highest BCUT2D eigenvalue weighted by atomic mass is 16.5. The van der Waals surface area contributed by atoms with Crippen LogP contribution in [-0.2, 0) is 9.53 Å². The summed E-state index contributed by atoms with van der Waals surface area (Å²) in [6.45, 7) is 15.2. The van der Waals surface area contributed by atoms with Crippen LogP contribution in [0.25, 0.3) is 0 Å². The summed E-state index contributed by atoms with van der Waals surface area (Å²) in [5.41, 5.74) is 5.39. The molecule has 0 fully saturated rings. The predicted molar refractivity (Wildman–Crippen MR) is 179 cm³/mol. The maximum Gasteiger partial charge on any atom is 0.306 e. The third-order valence-electron chi connectivity index (χ3n) is 7.28. The fourth-order valence-electron chi connectivity index (χ4n) is 4.72. The van der Waals surface area contributed by atoms with Crippen LogP contribution in [-0.4, -0.2) is 12.1 Å². The summed E-state index contributed by atoms with van der Waals surface area (Å²) in [6.07, 6.45) is 35.5. The Bertz CT molecular complexity index is 769. The van der Waals surface area contributed by atoms with Crippen LogP contribution in [0.3, 0.4) is 0 Å². The van der Waals surface area contributed by atoms with Gasteiger partial charge in [0.1, 0.15) is 6.10 Å². The van der Waals surface area contributed by atoms with Gasteiger partial charge in [0.25, 0.3) is 0 Å². The van der Waals surface area contributed by atoms with Crippen LogP contribution in [0.5, 0.6) is 0 Å². The maximum atomic E-state index is 12.7. The van der Waals surface area contributed by atoms with Crippen molar-refractivity contribution in [2.75, 3.05) is 0 Å². The second-order valence-electron chi connectivity index (χ2n) is 12.3. The zero-order valence-electron chi connectivity index (χ0n) is 27.8. The van der Waals surface area contributed by atoms with Crippen molar-refractivity contribution >= 4 is 5.97 Å². The molecule has 0 rings (SSSR count). The van der Waals surface area contributed by atoms with Gasteiger partial charge in [0.05, 0.1) is 0 Å². The highest BCUT2D eigenvalue weighted by molar-refractivity contribution is 5.69. The van der Waals surface area contributed by atoms with Crippen LogP contribution in [0.1, 0.15) is 170 Å². The number of carbonyl (C=O) groups is 1. The average Bonchev–Trinajstić information content (AvgIpc) is 2.89. The van der Waals surface area contributed by atoms with Crippen molar-refractivity contribution in [2.45, 2.75) is 177 Å². The van der Waals surface area contributed by atoms with Crippen molar-refractivity contribution in [3.05, 3.63) is 58.7 Å². The van der Waals surface area contributed by atoms with E-state index in [1.807, 2.05) is 0 Å². The molecule has 0 aliphatic heterocycles. The fourth-order valence-corrected chi connectivity index (χ4v) is 4.72. The number of ether oxygens (including phenoxy) is 1. The number of hydrogen-bond donors (Lipinski definition) is 0. The SMILES string of the molecule is CCCCCC/C=C/CCCCCCCCCC(=O)OC(/C=C(\C)CCC=C(C)C)C/C=C(\C)CCC=C(C)C. The number of unbranched alkanes of at least 4 members (excludes halogenated alkanes) is 11. The van der Waals surface area contributed by atoms with Crippen molar-refractivity contribution < 1.29 is 9.53 Å². The minimum Gasteiger partial charge on any atom is -0.458 e. The third-order valence-corrected chi connectivity index (χ3v) is 7.28. The van der Waals surface area contributed by atoms with Gasteiger partial charge in [-0.05, 0) is 105 Å². The smallest absolute Gasteiger partial charge is 0.306 e. The normalized spacial score (nSPS) is 13.0. The quantitative estimate of drug-likeness (QED) is 0.0637. The zero-order chi connectivity index (χ0) is 29.8. The molecule has 1 unspecified atom stereocenters. The van der Waals surface area contributed by atoms with E-state index in [0.717, 1.165) is 44.9 Å². The highest BCUT2D eigenvalue weighted by Gasteiger charge is 2.12. The number of esters is 1. The molecule has 0 heterocycles. The van der Waals surface area contributed by atoms with Gasteiger partial charge in [0.2, 0.25) is 0 Å². The summed E-state index contributed by atoms with van der Waals surface area (Å²) in [5, 5.41) is 0. The molecule has 0 aromatic carbocycles. The van der Waals surface area contributed by atoms with E-state index in [2.05, 4.69) is 84.9 Å².